The van der Waals surface area contributed by atoms with Gasteiger partial charge in [0, 0.05) is 0 Å². The smallest absolute Gasteiger partial charge is 0.391 e. The van der Waals surface area contributed by atoms with Crippen molar-refractivity contribution in [1.29, 1.82) is 0 Å². The Morgan fingerprint density at radius 3 is 2.35 bits per heavy atom. The van der Waals surface area contributed by atoms with Crippen LogP contribution in [0.5, 0.6) is 0 Å². The summed E-state index contributed by atoms with van der Waals surface area (Å²) in [6, 6.07) is 12.9. The van der Waals surface area contributed by atoms with Crippen LogP contribution in [0.2, 0.25) is 0 Å². The standard InChI is InChI=1S/C18H18F3NO/c1-3-14-5-4-6-16(11-14)13(2)22-23-12-15-7-9-17(10-8-15)18(19,20)21/h4-11H,3,12H2,1-2H3/b22-13-. The van der Waals surface area contributed by atoms with Gasteiger partial charge >= 0.3 is 6.18 Å². The predicted molar refractivity (Wildman–Crippen MR) is 84.3 cm³/mol. The van der Waals surface area contributed by atoms with Crippen molar-refractivity contribution in [2.45, 2.75) is 33.1 Å². The van der Waals surface area contributed by atoms with Crippen molar-refractivity contribution >= 4 is 5.71 Å². The van der Waals surface area contributed by atoms with E-state index in [4.69, 9.17) is 4.84 Å². The van der Waals surface area contributed by atoms with E-state index in [9.17, 15) is 13.2 Å². The molecule has 0 aliphatic carbocycles. The lowest BCUT2D eigenvalue weighted by molar-refractivity contribution is -0.137. The zero-order valence-corrected chi connectivity index (χ0v) is 13.0. The molecule has 5 heteroatoms. The fourth-order valence-corrected chi connectivity index (χ4v) is 2.06. The van der Waals surface area contributed by atoms with Gasteiger partial charge in [-0.2, -0.15) is 13.2 Å². The quantitative estimate of drug-likeness (QED) is 0.547. The van der Waals surface area contributed by atoms with Gasteiger partial charge in [0.2, 0.25) is 0 Å². The lowest BCUT2D eigenvalue weighted by Crippen LogP contribution is -2.04. The first-order valence-corrected chi connectivity index (χ1v) is 7.32. The van der Waals surface area contributed by atoms with Gasteiger partial charge in [-0.05, 0) is 48.2 Å². The third-order valence-corrected chi connectivity index (χ3v) is 3.47. The number of rotatable bonds is 5. The van der Waals surface area contributed by atoms with Gasteiger partial charge in [0.1, 0.15) is 6.61 Å². The molecule has 0 fully saturated rings. The van der Waals surface area contributed by atoms with Crippen molar-refractivity contribution in [3.8, 4) is 0 Å². The van der Waals surface area contributed by atoms with Gasteiger partial charge < -0.3 is 4.84 Å². The summed E-state index contributed by atoms with van der Waals surface area (Å²) in [7, 11) is 0. The lowest BCUT2D eigenvalue weighted by atomic mass is 10.1. The van der Waals surface area contributed by atoms with Gasteiger partial charge in [-0.25, -0.2) is 0 Å². The number of aryl methyl sites for hydroxylation is 1. The molecule has 0 spiro atoms. The minimum Gasteiger partial charge on any atom is -0.391 e. The van der Waals surface area contributed by atoms with Crippen molar-refractivity contribution < 1.29 is 18.0 Å². The molecule has 2 nitrogen and oxygen atoms in total. The van der Waals surface area contributed by atoms with Crippen LogP contribution in [0.25, 0.3) is 0 Å². The first-order chi connectivity index (χ1) is 10.9. The summed E-state index contributed by atoms with van der Waals surface area (Å²) in [4.78, 5) is 5.24. The third-order valence-electron chi connectivity index (χ3n) is 3.47. The maximum absolute atomic E-state index is 12.5. The first-order valence-electron chi connectivity index (χ1n) is 7.32. The van der Waals surface area contributed by atoms with Gasteiger partial charge in [0.25, 0.3) is 0 Å². The van der Waals surface area contributed by atoms with E-state index in [-0.39, 0.29) is 6.61 Å². The summed E-state index contributed by atoms with van der Waals surface area (Å²) in [6.45, 7) is 4.04. The second-order valence-electron chi connectivity index (χ2n) is 5.20. The molecule has 0 aromatic heterocycles. The van der Waals surface area contributed by atoms with Gasteiger partial charge in [0.15, 0.2) is 0 Å². The van der Waals surface area contributed by atoms with Crippen molar-refractivity contribution in [2.75, 3.05) is 0 Å². The van der Waals surface area contributed by atoms with Gasteiger partial charge in [-0.3, -0.25) is 0 Å². The Balaban J connectivity index is 1.97. The molecule has 2 aromatic carbocycles. The Hall–Kier alpha value is -2.30. The lowest BCUT2D eigenvalue weighted by Gasteiger charge is -2.07. The molecule has 0 aliphatic heterocycles. The van der Waals surface area contributed by atoms with Crippen LogP contribution in [-0.2, 0) is 24.0 Å². The number of benzene rings is 2. The predicted octanol–water partition coefficient (Wildman–Crippen LogP) is 5.21. The normalized spacial score (nSPS) is 12.3. The topological polar surface area (TPSA) is 21.6 Å². The van der Waals surface area contributed by atoms with E-state index >= 15 is 0 Å². The summed E-state index contributed by atoms with van der Waals surface area (Å²) in [5.74, 6) is 0. The highest BCUT2D eigenvalue weighted by molar-refractivity contribution is 5.98. The zero-order chi connectivity index (χ0) is 16.9. The maximum Gasteiger partial charge on any atom is 0.416 e. The molecule has 122 valence electrons. The molecule has 23 heavy (non-hydrogen) atoms. The van der Waals surface area contributed by atoms with Crippen LogP contribution >= 0.6 is 0 Å². The van der Waals surface area contributed by atoms with E-state index < -0.39 is 11.7 Å². The SMILES string of the molecule is CCc1cccc(/C(C)=N\OCc2ccc(C(F)(F)F)cc2)c1. The van der Waals surface area contributed by atoms with E-state index in [1.54, 1.807) is 0 Å². The summed E-state index contributed by atoms with van der Waals surface area (Å²) >= 11 is 0. The second kappa shape index (κ2) is 7.31. The highest BCUT2D eigenvalue weighted by Gasteiger charge is 2.29. The zero-order valence-electron chi connectivity index (χ0n) is 13.0. The summed E-state index contributed by atoms with van der Waals surface area (Å²) in [5.41, 5.74) is 2.87. The number of hydrogen-bond donors (Lipinski definition) is 0. The molecule has 0 saturated heterocycles. The van der Waals surface area contributed by atoms with Gasteiger partial charge in [-0.15, -0.1) is 0 Å². The number of halogens is 3. The fourth-order valence-electron chi connectivity index (χ4n) is 2.06. The molecular formula is C18H18F3NO. The largest absolute Gasteiger partial charge is 0.416 e. The molecule has 0 heterocycles. The Kier molecular flexibility index (Phi) is 5.42. The fraction of sp³-hybridized carbons (Fsp3) is 0.278. The van der Waals surface area contributed by atoms with Crippen LogP contribution in [0.1, 0.15) is 36.1 Å². The average Bonchev–Trinajstić information content (AvgIpc) is 2.54. The first kappa shape index (κ1) is 17.1. The Morgan fingerprint density at radius 1 is 1.04 bits per heavy atom. The molecule has 0 unspecified atom stereocenters. The number of nitrogens with zero attached hydrogens (tertiary/aromatic N) is 1. The average molecular weight is 321 g/mol. The van der Waals surface area contributed by atoms with E-state index in [1.165, 1.54) is 17.7 Å². The van der Waals surface area contributed by atoms with Crippen LogP contribution in [0.3, 0.4) is 0 Å². The van der Waals surface area contributed by atoms with E-state index in [0.29, 0.717) is 5.56 Å². The highest BCUT2D eigenvalue weighted by atomic mass is 19.4. The second-order valence-corrected chi connectivity index (χ2v) is 5.20. The van der Waals surface area contributed by atoms with E-state index in [1.807, 2.05) is 31.2 Å². The van der Waals surface area contributed by atoms with Crippen molar-refractivity contribution in [3.05, 3.63) is 70.8 Å². The molecule has 0 amide bonds. The molecule has 0 saturated carbocycles. The summed E-state index contributed by atoms with van der Waals surface area (Å²) in [6.07, 6.45) is -3.38. The van der Waals surface area contributed by atoms with Crippen molar-refractivity contribution in [2.24, 2.45) is 5.16 Å². The molecular weight excluding hydrogens is 303 g/mol. The maximum atomic E-state index is 12.5. The van der Waals surface area contributed by atoms with Crippen molar-refractivity contribution in [3.63, 3.8) is 0 Å². The Morgan fingerprint density at radius 2 is 1.74 bits per heavy atom. The van der Waals surface area contributed by atoms with Crippen molar-refractivity contribution in [1.82, 2.24) is 0 Å². The monoisotopic (exact) mass is 321 g/mol. The van der Waals surface area contributed by atoms with Crippen LogP contribution in [0.15, 0.2) is 53.7 Å². The van der Waals surface area contributed by atoms with Gasteiger partial charge in [0.05, 0.1) is 11.3 Å². The molecule has 0 bridgehead atoms. The van der Waals surface area contributed by atoms with E-state index in [0.717, 1.165) is 29.8 Å². The highest BCUT2D eigenvalue weighted by Crippen LogP contribution is 2.29. The number of hydrogen-bond acceptors (Lipinski definition) is 2. The number of oxime groups is 1. The summed E-state index contributed by atoms with van der Waals surface area (Å²) in [5, 5.41) is 4.03. The molecule has 0 atom stereocenters. The third kappa shape index (κ3) is 4.84. The van der Waals surface area contributed by atoms with Crippen LogP contribution < -0.4 is 0 Å². The molecule has 0 aliphatic rings. The van der Waals surface area contributed by atoms with Crippen LogP contribution in [0.4, 0.5) is 13.2 Å². The van der Waals surface area contributed by atoms with Crippen LogP contribution in [-0.4, -0.2) is 5.71 Å². The Bertz CT molecular complexity index is 675. The minimum atomic E-state index is -4.32. The minimum absolute atomic E-state index is 0.128. The number of alkyl halides is 3. The summed E-state index contributed by atoms with van der Waals surface area (Å²) < 4.78 is 37.4. The molecule has 2 aromatic rings. The molecule has 0 radical (unpaired) electrons. The van der Waals surface area contributed by atoms with E-state index in [2.05, 4.69) is 12.1 Å². The Labute approximate surface area is 133 Å². The van der Waals surface area contributed by atoms with Crippen LogP contribution in [0, 0.1) is 0 Å². The van der Waals surface area contributed by atoms with Gasteiger partial charge in [-0.1, -0.05) is 42.4 Å². The molecule has 0 N–H and O–H groups in total. The molecule has 2 rings (SSSR count).